The molecule has 1 saturated heterocycles. The second-order valence-electron chi connectivity index (χ2n) is 7.73. The monoisotopic (exact) mass is 376 g/mol. The van der Waals surface area contributed by atoms with E-state index in [0.29, 0.717) is 18.2 Å². The van der Waals surface area contributed by atoms with Crippen LogP contribution in [0.3, 0.4) is 0 Å². The van der Waals surface area contributed by atoms with Crippen LogP contribution in [0.4, 0.5) is 5.69 Å². The number of ketones is 1. The number of rotatable bonds is 2. The first-order valence-corrected chi connectivity index (χ1v) is 9.93. The van der Waals surface area contributed by atoms with Crippen LogP contribution in [0.1, 0.15) is 30.0 Å². The predicted octanol–water partition coefficient (Wildman–Crippen LogP) is 3.27. The smallest absolute Gasteiger partial charge is 0.231 e. The Morgan fingerprint density at radius 2 is 1.96 bits per heavy atom. The van der Waals surface area contributed by atoms with Gasteiger partial charge in [-0.2, -0.15) is 0 Å². The molecule has 28 heavy (non-hydrogen) atoms. The van der Waals surface area contributed by atoms with E-state index in [0.717, 1.165) is 48.5 Å². The van der Waals surface area contributed by atoms with Crippen LogP contribution in [0.2, 0.25) is 0 Å². The zero-order valence-electron chi connectivity index (χ0n) is 16.0. The number of nitrogens with zero attached hydrogens (tertiary/aromatic N) is 1. The molecule has 2 heterocycles. The van der Waals surface area contributed by atoms with Crippen LogP contribution in [0.5, 0.6) is 11.5 Å². The molecule has 1 aliphatic carbocycles. The maximum Gasteiger partial charge on any atom is 0.231 e. The van der Waals surface area contributed by atoms with Gasteiger partial charge in [-0.05, 0) is 60.4 Å². The molecule has 0 radical (unpaired) electrons. The number of allylic oxidation sites excluding steroid dienone is 1. The van der Waals surface area contributed by atoms with Crippen molar-refractivity contribution >= 4 is 23.1 Å². The van der Waals surface area contributed by atoms with E-state index in [1.807, 2.05) is 24.3 Å². The molecule has 5 heteroatoms. The Labute approximate surface area is 164 Å². The lowest BCUT2D eigenvalue weighted by molar-refractivity contribution is -0.113. The van der Waals surface area contributed by atoms with Gasteiger partial charge in [0.15, 0.2) is 17.3 Å². The summed E-state index contributed by atoms with van der Waals surface area (Å²) in [6.45, 7) is 5.48. The van der Waals surface area contributed by atoms with Crippen LogP contribution >= 0.6 is 0 Å². The summed E-state index contributed by atoms with van der Waals surface area (Å²) in [6.07, 6.45) is 3.33. The van der Waals surface area contributed by atoms with Crippen LogP contribution < -0.4 is 19.7 Å². The Morgan fingerprint density at radius 1 is 1.07 bits per heavy atom. The highest BCUT2D eigenvalue weighted by Gasteiger charge is 2.22. The van der Waals surface area contributed by atoms with E-state index in [2.05, 4.69) is 35.3 Å². The number of hydrogen-bond acceptors (Lipinski definition) is 5. The molecule has 0 saturated carbocycles. The topological polar surface area (TPSA) is 50.8 Å². The van der Waals surface area contributed by atoms with Gasteiger partial charge in [0.25, 0.3) is 0 Å². The van der Waals surface area contributed by atoms with Crippen LogP contribution in [-0.4, -0.2) is 38.3 Å². The fourth-order valence-corrected chi connectivity index (χ4v) is 4.24. The second-order valence-corrected chi connectivity index (χ2v) is 7.73. The third-order valence-corrected chi connectivity index (χ3v) is 5.77. The number of carbonyl (C=O) groups excluding carboxylic acids is 1. The van der Waals surface area contributed by atoms with E-state index >= 15 is 0 Å². The van der Waals surface area contributed by atoms with Gasteiger partial charge in [-0.3, -0.25) is 4.79 Å². The number of nitrogens with one attached hydrogen (secondary N) is 1. The standard InChI is InChI=1S/C23H24N2O3/c1-15-13-25(9-8-24-15)19-5-2-17-11-20(21(26)6-3-16(17)10-19)18-4-7-22-23(12-18)28-14-27-22/h2,4-5,7,10-12,15,24H,3,6,8-9,13-14H2,1H3/t15-/m0/s1. The summed E-state index contributed by atoms with van der Waals surface area (Å²) in [5.41, 5.74) is 5.26. The van der Waals surface area contributed by atoms with Crippen molar-refractivity contribution in [3.8, 4) is 11.5 Å². The number of Topliss-reactive ketones (excluding diaryl/α,β-unsaturated/α-hetero) is 1. The lowest BCUT2D eigenvalue weighted by Gasteiger charge is -2.34. The van der Waals surface area contributed by atoms with Crippen LogP contribution in [0.25, 0.3) is 11.6 Å². The molecular formula is C23H24N2O3. The van der Waals surface area contributed by atoms with Gasteiger partial charge in [0.2, 0.25) is 6.79 Å². The quantitative estimate of drug-likeness (QED) is 0.872. The minimum atomic E-state index is 0.174. The summed E-state index contributed by atoms with van der Waals surface area (Å²) in [5.74, 6) is 1.62. The molecular weight excluding hydrogens is 352 g/mol. The Bertz CT molecular complexity index is 966. The fourth-order valence-electron chi connectivity index (χ4n) is 4.24. The molecule has 0 spiro atoms. The van der Waals surface area contributed by atoms with Crippen molar-refractivity contribution in [2.45, 2.75) is 25.8 Å². The summed E-state index contributed by atoms with van der Waals surface area (Å²) in [6, 6.07) is 12.8. The van der Waals surface area contributed by atoms with E-state index in [9.17, 15) is 4.79 Å². The lowest BCUT2D eigenvalue weighted by Crippen LogP contribution is -2.49. The number of piperazine rings is 1. The van der Waals surface area contributed by atoms with E-state index in [1.165, 1.54) is 11.3 Å². The Balaban J connectivity index is 1.49. The summed E-state index contributed by atoms with van der Waals surface area (Å²) in [4.78, 5) is 15.3. The zero-order chi connectivity index (χ0) is 19.1. The molecule has 2 aromatic rings. The van der Waals surface area contributed by atoms with E-state index in [4.69, 9.17) is 9.47 Å². The van der Waals surface area contributed by atoms with Gasteiger partial charge in [-0.25, -0.2) is 0 Å². The van der Waals surface area contributed by atoms with Gasteiger partial charge in [0.1, 0.15) is 0 Å². The molecule has 0 amide bonds. The van der Waals surface area contributed by atoms with Gasteiger partial charge >= 0.3 is 0 Å². The van der Waals surface area contributed by atoms with Gasteiger partial charge in [0, 0.05) is 43.4 Å². The summed E-state index contributed by atoms with van der Waals surface area (Å²) in [5, 5.41) is 3.49. The van der Waals surface area contributed by atoms with Gasteiger partial charge in [-0.1, -0.05) is 12.1 Å². The minimum absolute atomic E-state index is 0.174. The van der Waals surface area contributed by atoms with Crippen molar-refractivity contribution in [3.63, 3.8) is 0 Å². The summed E-state index contributed by atoms with van der Waals surface area (Å²) in [7, 11) is 0. The highest BCUT2D eigenvalue weighted by Crippen LogP contribution is 2.37. The number of anilines is 1. The molecule has 0 unspecified atom stereocenters. The number of fused-ring (bicyclic) bond motifs is 2. The van der Waals surface area contributed by atoms with Gasteiger partial charge < -0.3 is 19.7 Å². The fraction of sp³-hybridized carbons (Fsp3) is 0.348. The SMILES string of the molecule is C[C@H]1CN(c2ccc3c(c2)CCC(=O)C(c2ccc4c(c2)OCO4)=C3)CCN1. The van der Waals surface area contributed by atoms with Crippen LogP contribution in [-0.2, 0) is 11.2 Å². The van der Waals surface area contributed by atoms with Gasteiger partial charge in [-0.15, -0.1) is 0 Å². The molecule has 1 atom stereocenters. The molecule has 0 bridgehead atoms. The largest absolute Gasteiger partial charge is 0.454 e. The highest BCUT2D eigenvalue weighted by atomic mass is 16.7. The highest BCUT2D eigenvalue weighted by molar-refractivity contribution is 6.26. The Morgan fingerprint density at radius 3 is 2.86 bits per heavy atom. The zero-order valence-corrected chi connectivity index (χ0v) is 16.0. The van der Waals surface area contributed by atoms with Crippen molar-refractivity contribution in [3.05, 3.63) is 53.1 Å². The molecule has 1 N–H and O–H groups in total. The maximum atomic E-state index is 12.9. The van der Waals surface area contributed by atoms with Crippen molar-refractivity contribution in [2.75, 3.05) is 31.3 Å². The number of benzene rings is 2. The van der Waals surface area contributed by atoms with Crippen LogP contribution in [0.15, 0.2) is 36.4 Å². The first kappa shape index (κ1) is 17.3. The number of ether oxygens (including phenoxy) is 2. The Hall–Kier alpha value is -2.79. The van der Waals surface area contributed by atoms with E-state index < -0.39 is 0 Å². The Kier molecular flexibility index (Phi) is 4.32. The average molecular weight is 376 g/mol. The molecule has 0 aromatic heterocycles. The summed E-state index contributed by atoms with van der Waals surface area (Å²) < 4.78 is 10.9. The summed E-state index contributed by atoms with van der Waals surface area (Å²) >= 11 is 0. The molecule has 3 aliphatic rings. The molecule has 2 aliphatic heterocycles. The van der Waals surface area contributed by atoms with Crippen molar-refractivity contribution in [2.24, 2.45) is 0 Å². The second kappa shape index (κ2) is 6.99. The van der Waals surface area contributed by atoms with Crippen LogP contribution in [0, 0.1) is 0 Å². The number of carbonyl (C=O) groups is 1. The lowest BCUT2D eigenvalue weighted by atomic mass is 9.99. The minimum Gasteiger partial charge on any atom is -0.454 e. The van der Waals surface area contributed by atoms with Crippen molar-refractivity contribution < 1.29 is 14.3 Å². The maximum absolute atomic E-state index is 12.9. The number of hydrogen-bond donors (Lipinski definition) is 1. The third kappa shape index (κ3) is 3.16. The van der Waals surface area contributed by atoms with E-state index in [1.54, 1.807) is 0 Å². The first-order chi connectivity index (χ1) is 13.7. The molecule has 5 rings (SSSR count). The predicted molar refractivity (Wildman–Crippen MR) is 110 cm³/mol. The molecule has 5 nitrogen and oxygen atoms in total. The van der Waals surface area contributed by atoms with E-state index in [-0.39, 0.29) is 12.6 Å². The number of aryl methyl sites for hydroxylation is 1. The normalized spacial score (nSPS) is 21.2. The third-order valence-electron chi connectivity index (χ3n) is 5.77. The average Bonchev–Trinajstić information content (AvgIpc) is 3.11. The van der Waals surface area contributed by atoms with Crippen molar-refractivity contribution in [1.82, 2.24) is 5.32 Å². The molecule has 2 aromatic carbocycles. The van der Waals surface area contributed by atoms with Crippen molar-refractivity contribution in [1.29, 1.82) is 0 Å². The first-order valence-electron chi connectivity index (χ1n) is 9.93. The molecule has 1 fully saturated rings. The molecule has 144 valence electrons. The van der Waals surface area contributed by atoms with Gasteiger partial charge in [0.05, 0.1) is 0 Å².